The van der Waals surface area contributed by atoms with Crippen LogP contribution in [0.15, 0.2) is 35.5 Å². The number of carboxylic acid groups (broad SMARTS) is 1. The third-order valence-corrected chi connectivity index (χ3v) is 6.61. The third kappa shape index (κ3) is 3.06. The molecule has 4 heterocycles. The van der Waals surface area contributed by atoms with Crippen molar-refractivity contribution in [2.75, 3.05) is 0 Å². The first kappa shape index (κ1) is 20.5. The molecule has 2 N–H and O–H groups in total. The van der Waals surface area contributed by atoms with Crippen LogP contribution in [-0.2, 0) is 12.8 Å². The van der Waals surface area contributed by atoms with Gasteiger partial charge in [-0.25, -0.2) is 4.79 Å². The SMILES string of the molecule is CC1(C)Cc2c3c(cc(-c4cn[nH]c4)c2O1)-c1cc(=O)c(C(=O)O)cn1[C@H](C(C)(C)C)C3. The Balaban J connectivity index is 1.85. The average Bonchev–Trinajstić information content (AvgIpc) is 3.32. The van der Waals surface area contributed by atoms with Gasteiger partial charge in [-0.2, -0.15) is 5.10 Å². The lowest BCUT2D eigenvalue weighted by atomic mass is 9.76. The van der Waals surface area contributed by atoms with Crippen LogP contribution in [0.4, 0.5) is 0 Å². The van der Waals surface area contributed by atoms with Crippen LogP contribution < -0.4 is 10.2 Å². The van der Waals surface area contributed by atoms with Crippen LogP contribution in [0.5, 0.6) is 5.75 Å². The normalized spacial score (nSPS) is 18.5. The molecule has 7 nitrogen and oxygen atoms in total. The number of hydrogen-bond acceptors (Lipinski definition) is 4. The lowest BCUT2D eigenvalue weighted by molar-refractivity contribution is 0.0693. The molecule has 0 aliphatic carbocycles. The molecule has 3 aromatic rings. The summed E-state index contributed by atoms with van der Waals surface area (Å²) in [6.07, 6.45) is 6.62. The van der Waals surface area contributed by atoms with Gasteiger partial charge >= 0.3 is 5.97 Å². The standard InChI is InChI=1S/C25H27N3O4/c1-24(2,3)21-7-15-16(19-8-20(29)18(23(30)31)12-28(19)21)6-14(13-10-26-27-11-13)22-17(15)9-25(4,5)32-22/h6,8,10-12,21H,7,9H2,1-5H3,(H,26,27)(H,30,31)/t21-/m0/s1. The summed E-state index contributed by atoms with van der Waals surface area (Å²) in [6.45, 7) is 10.6. The number of ether oxygens (including phenoxy) is 1. The molecule has 0 radical (unpaired) electrons. The van der Waals surface area contributed by atoms with E-state index >= 15 is 0 Å². The molecule has 1 atom stereocenters. The molecule has 0 bridgehead atoms. The summed E-state index contributed by atoms with van der Waals surface area (Å²) in [5.41, 5.74) is 4.72. The molecule has 0 amide bonds. The lowest BCUT2D eigenvalue weighted by Crippen LogP contribution is -2.33. The average molecular weight is 434 g/mol. The smallest absolute Gasteiger partial charge is 0.341 e. The van der Waals surface area contributed by atoms with Crippen molar-refractivity contribution < 1.29 is 14.6 Å². The lowest BCUT2D eigenvalue weighted by Gasteiger charge is -2.39. The molecule has 0 saturated heterocycles. The molecule has 32 heavy (non-hydrogen) atoms. The van der Waals surface area contributed by atoms with Gasteiger partial charge in [-0.1, -0.05) is 20.8 Å². The Morgan fingerprint density at radius 2 is 2.00 bits per heavy atom. The fourth-order valence-corrected chi connectivity index (χ4v) is 5.07. The highest BCUT2D eigenvalue weighted by Gasteiger charge is 2.40. The zero-order chi connectivity index (χ0) is 23.0. The van der Waals surface area contributed by atoms with Gasteiger partial charge in [0, 0.05) is 53.2 Å². The fourth-order valence-electron chi connectivity index (χ4n) is 5.07. The Hall–Kier alpha value is -3.35. The Morgan fingerprint density at radius 1 is 1.25 bits per heavy atom. The van der Waals surface area contributed by atoms with Crippen LogP contribution in [0.2, 0.25) is 0 Å². The number of fused-ring (bicyclic) bond motifs is 5. The Morgan fingerprint density at radius 3 is 2.62 bits per heavy atom. The van der Waals surface area contributed by atoms with Gasteiger partial charge in [-0.3, -0.25) is 9.89 Å². The van der Waals surface area contributed by atoms with E-state index in [-0.39, 0.29) is 22.6 Å². The van der Waals surface area contributed by atoms with Gasteiger partial charge in [0.25, 0.3) is 0 Å². The monoisotopic (exact) mass is 433 g/mol. The van der Waals surface area contributed by atoms with Gasteiger partial charge in [0.2, 0.25) is 0 Å². The van der Waals surface area contributed by atoms with E-state index in [4.69, 9.17) is 4.74 Å². The number of benzene rings is 1. The van der Waals surface area contributed by atoms with Crippen molar-refractivity contribution in [3.8, 4) is 28.1 Å². The van der Waals surface area contributed by atoms with Crippen molar-refractivity contribution in [2.24, 2.45) is 5.41 Å². The second-order valence-corrected chi connectivity index (χ2v) is 10.5. The van der Waals surface area contributed by atoms with Gasteiger partial charge in [0.15, 0.2) is 5.43 Å². The molecule has 166 valence electrons. The van der Waals surface area contributed by atoms with Crippen LogP contribution in [0.25, 0.3) is 22.4 Å². The van der Waals surface area contributed by atoms with Crippen LogP contribution >= 0.6 is 0 Å². The Bertz CT molecular complexity index is 1310. The van der Waals surface area contributed by atoms with E-state index in [2.05, 4.69) is 50.9 Å². The minimum Gasteiger partial charge on any atom is -0.487 e. The van der Waals surface area contributed by atoms with E-state index in [9.17, 15) is 14.7 Å². The molecule has 0 spiro atoms. The number of aromatic amines is 1. The van der Waals surface area contributed by atoms with Gasteiger partial charge in [0.1, 0.15) is 16.9 Å². The van der Waals surface area contributed by atoms with E-state index in [1.807, 2.05) is 10.8 Å². The molecule has 1 aromatic carbocycles. The predicted molar refractivity (Wildman–Crippen MR) is 121 cm³/mol. The molecule has 7 heteroatoms. The number of aromatic carboxylic acids is 1. The van der Waals surface area contributed by atoms with Gasteiger partial charge in [-0.05, 0) is 37.3 Å². The van der Waals surface area contributed by atoms with E-state index in [0.717, 1.165) is 41.0 Å². The van der Waals surface area contributed by atoms with E-state index in [1.165, 1.54) is 23.4 Å². The largest absolute Gasteiger partial charge is 0.487 e. The quantitative estimate of drug-likeness (QED) is 0.622. The molecule has 5 rings (SSSR count). The van der Waals surface area contributed by atoms with E-state index < -0.39 is 11.4 Å². The van der Waals surface area contributed by atoms with Gasteiger partial charge in [-0.15, -0.1) is 0 Å². The van der Waals surface area contributed by atoms with Crippen LogP contribution in [-0.4, -0.2) is 31.4 Å². The first-order chi connectivity index (χ1) is 15.0. The maximum absolute atomic E-state index is 12.7. The second-order valence-electron chi connectivity index (χ2n) is 10.5. The summed E-state index contributed by atoms with van der Waals surface area (Å²) in [6, 6.07) is 3.54. The zero-order valence-corrected chi connectivity index (χ0v) is 18.9. The summed E-state index contributed by atoms with van der Waals surface area (Å²) < 4.78 is 8.40. The molecule has 0 saturated carbocycles. The molecule has 2 aliphatic rings. The van der Waals surface area contributed by atoms with Crippen molar-refractivity contribution in [3.63, 3.8) is 0 Å². The van der Waals surface area contributed by atoms with Crippen molar-refractivity contribution in [1.29, 1.82) is 0 Å². The maximum Gasteiger partial charge on any atom is 0.341 e. The number of pyridine rings is 1. The number of hydrogen-bond donors (Lipinski definition) is 2. The number of H-pyrrole nitrogens is 1. The number of nitrogens with one attached hydrogen (secondary N) is 1. The Kier molecular flexibility index (Phi) is 4.22. The molecule has 2 aromatic heterocycles. The molecular formula is C25H27N3O4. The number of aromatic nitrogens is 3. The highest BCUT2D eigenvalue weighted by molar-refractivity contribution is 5.88. The summed E-state index contributed by atoms with van der Waals surface area (Å²) in [4.78, 5) is 24.4. The first-order valence-corrected chi connectivity index (χ1v) is 10.8. The summed E-state index contributed by atoms with van der Waals surface area (Å²) in [5, 5.41) is 16.5. The zero-order valence-electron chi connectivity index (χ0n) is 18.9. The maximum atomic E-state index is 12.7. The van der Waals surface area contributed by atoms with E-state index in [1.54, 1.807) is 6.20 Å². The summed E-state index contributed by atoms with van der Waals surface area (Å²) in [5.74, 6) is -0.326. The first-order valence-electron chi connectivity index (χ1n) is 10.8. The number of nitrogens with zero attached hydrogens (tertiary/aromatic N) is 2. The minimum absolute atomic E-state index is 0.00344. The van der Waals surface area contributed by atoms with Gasteiger partial charge in [0.05, 0.1) is 11.9 Å². The highest BCUT2D eigenvalue weighted by atomic mass is 16.5. The highest BCUT2D eigenvalue weighted by Crippen LogP contribution is 2.51. The van der Waals surface area contributed by atoms with Crippen molar-refractivity contribution in [2.45, 2.75) is 59.1 Å². The number of carboxylic acids is 1. The number of carbonyl (C=O) groups is 1. The van der Waals surface area contributed by atoms with E-state index in [0.29, 0.717) is 0 Å². The molecule has 0 unspecified atom stereocenters. The summed E-state index contributed by atoms with van der Waals surface area (Å²) in [7, 11) is 0. The fraction of sp³-hybridized carbons (Fsp3) is 0.400. The summed E-state index contributed by atoms with van der Waals surface area (Å²) >= 11 is 0. The topological polar surface area (TPSA) is 97.2 Å². The molecule has 2 aliphatic heterocycles. The van der Waals surface area contributed by atoms with Crippen molar-refractivity contribution in [1.82, 2.24) is 14.8 Å². The van der Waals surface area contributed by atoms with Crippen LogP contribution in [0.3, 0.4) is 0 Å². The number of rotatable bonds is 2. The van der Waals surface area contributed by atoms with Crippen LogP contribution in [0, 0.1) is 5.41 Å². The van der Waals surface area contributed by atoms with Crippen molar-refractivity contribution in [3.05, 3.63) is 57.6 Å². The Labute approximate surface area is 186 Å². The minimum atomic E-state index is -1.20. The second kappa shape index (κ2) is 6.58. The van der Waals surface area contributed by atoms with Gasteiger partial charge < -0.3 is 14.4 Å². The molecule has 0 fully saturated rings. The third-order valence-electron chi connectivity index (χ3n) is 6.61. The van der Waals surface area contributed by atoms with Crippen molar-refractivity contribution >= 4 is 5.97 Å². The molecular weight excluding hydrogens is 406 g/mol. The predicted octanol–water partition coefficient (Wildman–Crippen LogP) is 4.46. The van der Waals surface area contributed by atoms with Crippen LogP contribution in [0.1, 0.15) is 62.1 Å².